The third kappa shape index (κ3) is 7.01. The monoisotopic (exact) mass is 464 g/mol. The highest BCUT2D eigenvalue weighted by molar-refractivity contribution is 7.82. The lowest BCUT2D eigenvalue weighted by molar-refractivity contribution is -0.122. The van der Waals surface area contributed by atoms with E-state index in [0.717, 1.165) is 54.2 Å². The number of ether oxygens (including phenoxy) is 1. The number of hydrogen-bond donors (Lipinski definition) is 1. The molecule has 2 saturated heterocycles. The topological polar surface area (TPSA) is 65.1 Å². The lowest BCUT2D eigenvalue weighted by atomic mass is 10.0. The van der Waals surface area contributed by atoms with Gasteiger partial charge in [0.1, 0.15) is 16.7 Å². The lowest BCUT2D eigenvalue weighted by Gasteiger charge is -2.33. The Kier molecular flexibility index (Phi) is 9.52. The fraction of sp³-hybridized carbons (Fsp3) is 0.708. The van der Waals surface area contributed by atoms with Crippen molar-refractivity contribution in [3.63, 3.8) is 0 Å². The third-order valence-electron chi connectivity index (χ3n) is 6.66. The van der Waals surface area contributed by atoms with Crippen LogP contribution in [0.25, 0.3) is 0 Å². The van der Waals surface area contributed by atoms with Gasteiger partial charge < -0.3 is 19.9 Å². The zero-order chi connectivity index (χ0) is 23.1. The van der Waals surface area contributed by atoms with Crippen molar-refractivity contribution in [2.24, 2.45) is 0 Å². The van der Waals surface area contributed by atoms with Gasteiger partial charge in [-0.3, -0.25) is 4.79 Å². The van der Waals surface area contributed by atoms with E-state index in [-0.39, 0.29) is 11.9 Å². The Bertz CT molecular complexity index is 766. The summed E-state index contributed by atoms with van der Waals surface area (Å²) in [6.07, 6.45) is 5.06. The van der Waals surface area contributed by atoms with Crippen molar-refractivity contribution in [1.29, 1.82) is 0 Å². The van der Waals surface area contributed by atoms with Crippen molar-refractivity contribution in [2.45, 2.75) is 56.9 Å². The van der Waals surface area contributed by atoms with Crippen LogP contribution in [0, 0.1) is 13.8 Å². The van der Waals surface area contributed by atoms with E-state index < -0.39 is 11.0 Å². The summed E-state index contributed by atoms with van der Waals surface area (Å²) in [6, 6.07) is 4.06. The van der Waals surface area contributed by atoms with Crippen LogP contribution in [0.5, 0.6) is 5.75 Å². The van der Waals surface area contributed by atoms with Crippen molar-refractivity contribution < 1.29 is 13.7 Å². The van der Waals surface area contributed by atoms with Crippen LogP contribution in [0.3, 0.4) is 0 Å². The molecule has 2 fully saturated rings. The molecular weight excluding hydrogens is 424 g/mol. The van der Waals surface area contributed by atoms with E-state index >= 15 is 0 Å². The molecule has 32 heavy (non-hydrogen) atoms. The van der Waals surface area contributed by atoms with E-state index in [1.807, 2.05) is 33.0 Å². The Hall–Kier alpha value is -1.48. The van der Waals surface area contributed by atoms with Gasteiger partial charge in [-0.15, -0.1) is 0 Å². The molecule has 1 aromatic carbocycles. The molecule has 0 bridgehead atoms. The van der Waals surface area contributed by atoms with Gasteiger partial charge in [-0.2, -0.15) is 0 Å². The molecule has 2 aliphatic heterocycles. The predicted molar refractivity (Wildman–Crippen MR) is 129 cm³/mol. The summed E-state index contributed by atoms with van der Waals surface area (Å²) < 4.78 is 20.1. The zero-order valence-electron chi connectivity index (χ0n) is 20.2. The van der Waals surface area contributed by atoms with Gasteiger partial charge in [0.25, 0.3) is 0 Å². The molecular formula is C24H40N4O3S. The molecule has 2 aliphatic rings. The molecule has 0 saturated carbocycles. The van der Waals surface area contributed by atoms with Crippen molar-refractivity contribution in [3.8, 4) is 5.75 Å². The molecule has 1 aromatic rings. The van der Waals surface area contributed by atoms with Gasteiger partial charge in [-0.05, 0) is 75.9 Å². The SMILES string of the molecule is COc1cc(C)c(S(=O)N(C)CCC(=O)NC2CCN(CCN3CCCC3)CC2)c(C)c1. The van der Waals surface area contributed by atoms with Gasteiger partial charge in [-0.25, -0.2) is 8.51 Å². The molecule has 1 N–H and O–H groups in total. The van der Waals surface area contributed by atoms with Crippen molar-refractivity contribution in [1.82, 2.24) is 19.4 Å². The van der Waals surface area contributed by atoms with Crippen molar-refractivity contribution in [2.75, 3.05) is 60.0 Å². The second-order valence-electron chi connectivity index (χ2n) is 9.17. The second kappa shape index (κ2) is 12.1. The lowest BCUT2D eigenvalue weighted by Crippen LogP contribution is -2.46. The molecule has 1 unspecified atom stereocenters. The number of hydrogen-bond acceptors (Lipinski definition) is 5. The van der Waals surface area contributed by atoms with E-state index in [9.17, 15) is 9.00 Å². The number of aryl methyl sites for hydroxylation is 2. The molecule has 0 aromatic heterocycles. The van der Waals surface area contributed by atoms with E-state index in [1.54, 1.807) is 11.4 Å². The molecule has 0 radical (unpaired) electrons. The minimum absolute atomic E-state index is 0.0486. The molecule has 3 rings (SSSR count). The molecule has 1 atom stereocenters. The summed E-state index contributed by atoms with van der Waals surface area (Å²) >= 11 is 0. The van der Waals surface area contributed by atoms with Gasteiger partial charge in [0.15, 0.2) is 0 Å². The third-order valence-corrected chi connectivity index (χ3v) is 8.41. The van der Waals surface area contributed by atoms with Crippen LogP contribution in [-0.2, 0) is 15.8 Å². The quantitative estimate of drug-likeness (QED) is 0.576. The normalized spacial score (nSPS) is 19.4. The number of benzene rings is 1. The van der Waals surface area contributed by atoms with Crippen LogP contribution in [0.1, 0.15) is 43.2 Å². The van der Waals surface area contributed by atoms with E-state index in [4.69, 9.17) is 4.74 Å². The van der Waals surface area contributed by atoms with E-state index in [0.29, 0.717) is 13.0 Å². The highest BCUT2D eigenvalue weighted by Gasteiger charge is 2.22. The highest BCUT2D eigenvalue weighted by atomic mass is 32.2. The predicted octanol–water partition coefficient (Wildman–Crippen LogP) is 2.33. The summed E-state index contributed by atoms with van der Waals surface area (Å²) in [5.41, 5.74) is 1.88. The van der Waals surface area contributed by atoms with Crippen molar-refractivity contribution in [3.05, 3.63) is 23.3 Å². The summed E-state index contributed by atoms with van der Waals surface area (Å²) in [5, 5.41) is 3.19. The first-order valence-corrected chi connectivity index (χ1v) is 13.0. The van der Waals surface area contributed by atoms with E-state index in [2.05, 4.69) is 15.1 Å². The van der Waals surface area contributed by atoms with Gasteiger partial charge in [0, 0.05) is 52.2 Å². The Morgan fingerprint density at radius 3 is 2.22 bits per heavy atom. The second-order valence-corrected chi connectivity index (χ2v) is 10.7. The largest absolute Gasteiger partial charge is 0.497 e. The zero-order valence-corrected chi connectivity index (χ0v) is 21.0. The number of piperidine rings is 1. The standard InChI is InChI=1S/C24H40N4O3S/c1-19-17-22(31-4)18-20(2)24(19)32(30)26(3)12-9-23(29)25-21-7-13-28(14-8-21)16-15-27-10-5-6-11-27/h17-18,21H,5-16H2,1-4H3,(H,25,29). The molecule has 2 heterocycles. The molecule has 7 nitrogen and oxygen atoms in total. The number of likely N-dealkylation sites (tertiary alicyclic amines) is 2. The first-order chi connectivity index (χ1) is 15.4. The minimum atomic E-state index is -1.31. The van der Waals surface area contributed by atoms with Gasteiger partial charge in [-0.1, -0.05) is 0 Å². The maximum atomic E-state index is 13.0. The minimum Gasteiger partial charge on any atom is -0.497 e. The maximum Gasteiger partial charge on any atom is 0.221 e. The van der Waals surface area contributed by atoms with Gasteiger partial charge in [0.05, 0.1) is 12.0 Å². The number of amides is 1. The van der Waals surface area contributed by atoms with Crippen LogP contribution in [0.4, 0.5) is 0 Å². The van der Waals surface area contributed by atoms with Crippen LogP contribution in [0.15, 0.2) is 17.0 Å². The maximum absolute atomic E-state index is 13.0. The Morgan fingerprint density at radius 2 is 1.66 bits per heavy atom. The van der Waals surface area contributed by atoms with Crippen LogP contribution in [-0.4, -0.2) is 90.2 Å². The number of methoxy groups -OCH3 is 1. The smallest absolute Gasteiger partial charge is 0.221 e. The highest BCUT2D eigenvalue weighted by Crippen LogP contribution is 2.25. The van der Waals surface area contributed by atoms with Crippen LogP contribution in [0.2, 0.25) is 0 Å². The first-order valence-electron chi connectivity index (χ1n) is 11.9. The first kappa shape index (κ1) is 25.1. The summed E-state index contributed by atoms with van der Waals surface area (Å²) in [4.78, 5) is 18.4. The molecule has 8 heteroatoms. The van der Waals surface area contributed by atoms with Gasteiger partial charge >= 0.3 is 0 Å². The summed E-state index contributed by atoms with van der Waals surface area (Å²) in [6.45, 7) is 11.3. The number of carbonyl (C=O) groups excluding carboxylic acids is 1. The summed E-state index contributed by atoms with van der Waals surface area (Å²) in [7, 11) is 2.14. The summed E-state index contributed by atoms with van der Waals surface area (Å²) in [5.74, 6) is 0.817. The van der Waals surface area contributed by atoms with Crippen molar-refractivity contribution >= 4 is 16.9 Å². The number of rotatable bonds is 10. The average molecular weight is 465 g/mol. The molecule has 1 amide bonds. The Labute approximate surface area is 196 Å². The Morgan fingerprint density at radius 1 is 1.09 bits per heavy atom. The molecule has 180 valence electrons. The van der Waals surface area contributed by atoms with Crippen LogP contribution < -0.4 is 10.1 Å². The number of nitrogens with one attached hydrogen (secondary N) is 1. The average Bonchev–Trinajstić information content (AvgIpc) is 3.30. The molecule has 0 spiro atoms. The Balaban J connectivity index is 1.38. The number of nitrogens with zero attached hydrogens (tertiary/aromatic N) is 3. The fourth-order valence-corrected chi connectivity index (χ4v) is 5.93. The van der Waals surface area contributed by atoms with Gasteiger partial charge in [0.2, 0.25) is 5.91 Å². The molecule has 0 aliphatic carbocycles. The van der Waals surface area contributed by atoms with E-state index in [1.165, 1.54) is 32.5 Å². The fourth-order valence-electron chi connectivity index (χ4n) is 4.69. The number of carbonyl (C=O) groups is 1. The van der Waals surface area contributed by atoms with Crippen LogP contribution >= 0.6 is 0 Å².